The molecule has 0 amide bonds. The van der Waals surface area contributed by atoms with Crippen molar-refractivity contribution in [2.24, 2.45) is 0 Å². The number of rotatable bonds is 0. The van der Waals surface area contributed by atoms with Gasteiger partial charge in [-0.05, 0) is 12.1 Å². The van der Waals surface area contributed by atoms with Crippen LogP contribution in [-0.2, 0) is 12.4 Å². The van der Waals surface area contributed by atoms with E-state index in [9.17, 15) is 26.3 Å². The van der Waals surface area contributed by atoms with Crippen LogP contribution in [0.1, 0.15) is 11.1 Å². The smallest absolute Gasteiger partial charge is 0.420 e. The van der Waals surface area contributed by atoms with E-state index in [0.29, 0.717) is 0 Å². The molecule has 90 valence electrons. The average molecular weight is 246 g/mol. The van der Waals surface area contributed by atoms with E-state index in [1.807, 2.05) is 0 Å². The van der Waals surface area contributed by atoms with Crippen molar-refractivity contribution in [2.45, 2.75) is 12.4 Å². The molecule has 0 aliphatic rings. The van der Waals surface area contributed by atoms with Gasteiger partial charge in [0.05, 0.1) is 5.56 Å². The zero-order valence-corrected chi connectivity index (χ0v) is 7.32. The highest BCUT2D eigenvalue weighted by Crippen LogP contribution is 2.44. The Balaban J connectivity index is 3.46. The summed E-state index contributed by atoms with van der Waals surface area (Å²) in [7, 11) is 0. The van der Waals surface area contributed by atoms with Crippen LogP contribution < -0.4 is 0 Å². The van der Waals surface area contributed by atoms with Crippen LogP contribution in [0.25, 0.3) is 0 Å². The molecule has 2 nitrogen and oxygen atoms in total. The summed E-state index contributed by atoms with van der Waals surface area (Å²) >= 11 is 0. The summed E-state index contributed by atoms with van der Waals surface area (Å²) in [5, 5.41) is 17.5. The molecule has 1 rings (SSSR count). The minimum Gasteiger partial charge on any atom is -0.504 e. The molecule has 0 unspecified atom stereocenters. The van der Waals surface area contributed by atoms with Crippen LogP contribution in [0, 0.1) is 0 Å². The molecule has 0 aromatic heterocycles. The largest absolute Gasteiger partial charge is 0.504 e. The van der Waals surface area contributed by atoms with Gasteiger partial charge < -0.3 is 10.2 Å². The van der Waals surface area contributed by atoms with Crippen LogP contribution in [0.5, 0.6) is 11.5 Å². The van der Waals surface area contributed by atoms with Crippen molar-refractivity contribution in [1.82, 2.24) is 0 Å². The van der Waals surface area contributed by atoms with Crippen LogP contribution in [0.2, 0.25) is 0 Å². The number of halogens is 6. The summed E-state index contributed by atoms with van der Waals surface area (Å²) in [4.78, 5) is 0. The molecule has 1 aromatic rings. The van der Waals surface area contributed by atoms with Crippen LogP contribution in [0.15, 0.2) is 12.1 Å². The Bertz CT molecular complexity index is 406. The lowest BCUT2D eigenvalue weighted by molar-refractivity contribution is -0.144. The first-order valence-electron chi connectivity index (χ1n) is 3.74. The predicted octanol–water partition coefficient (Wildman–Crippen LogP) is 3.14. The fourth-order valence-corrected chi connectivity index (χ4v) is 0.999. The third-order valence-electron chi connectivity index (χ3n) is 1.72. The zero-order chi connectivity index (χ0) is 12.7. The van der Waals surface area contributed by atoms with Gasteiger partial charge in [-0.25, -0.2) is 0 Å². The second kappa shape index (κ2) is 3.46. The standard InChI is InChI=1S/C8H4F6O2/c9-7(10,11)3-1-4(8(12,13)14)6(16)5(15)2-3/h1-2,15-16H. The lowest BCUT2D eigenvalue weighted by Crippen LogP contribution is -2.10. The summed E-state index contributed by atoms with van der Waals surface area (Å²) in [5.74, 6) is -3.09. The van der Waals surface area contributed by atoms with Gasteiger partial charge in [0.2, 0.25) is 0 Å². The first kappa shape index (κ1) is 12.5. The average Bonchev–Trinajstić information content (AvgIpc) is 2.05. The van der Waals surface area contributed by atoms with E-state index < -0.39 is 35.0 Å². The maximum atomic E-state index is 12.2. The lowest BCUT2D eigenvalue weighted by Gasteiger charge is -2.13. The lowest BCUT2D eigenvalue weighted by atomic mass is 10.1. The Morgan fingerprint density at radius 2 is 1.31 bits per heavy atom. The van der Waals surface area contributed by atoms with Gasteiger partial charge >= 0.3 is 12.4 Å². The Hall–Kier alpha value is -1.60. The molecule has 2 N–H and O–H groups in total. The van der Waals surface area contributed by atoms with Crippen molar-refractivity contribution in [1.29, 1.82) is 0 Å². The van der Waals surface area contributed by atoms with E-state index in [1.165, 1.54) is 0 Å². The van der Waals surface area contributed by atoms with E-state index in [-0.39, 0.29) is 12.1 Å². The second-order valence-electron chi connectivity index (χ2n) is 2.89. The van der Waals surface area contributed by atoms with Crippen molar-refractivity contribution in [3.05, 3.63) is 23.3 Å². The molecular weight excluding hydrogens is 242 g/mol. The van der Waals surface area contributed by atoms with Crippen molar-refractivity contribution in [3.8, 4) is 11.5 Å². The van der Waals surface area contributed by atoms with Gasteiger partial charge in [0, 0.05) is 0 Å². The highest BCUT2D eigenvalue weighted by atomic mass is 19.4. The number of alkyl halides is 6. The summed E-state index contributed by atoms with van der Waals surface area (Å²) in [5.41, 5.74) is -3.62. The maximum absolute atomic E-state index is 12.2. The van der Waals surface area contributed by atoms with E-state index >= 15 is 0 Å². The van der Waals surface area contributed by atoms with Crippen molar-refractivity contribution in [3.63, 3.8) is 0 Å². The SMILES string of the molecule is Oc1cc(C(F)(F)F)cc(C(F)(F)F)c1O. The fraction of sp³-hybridized carbons (Fsp3) is 0.250. The van der Waals surface area contributed by atoms with Crippen LogP contribution in [0.4, 0.5) is 26.3 Å². The molecular formula is C8H4F6O2. The van der Waals surface area contributed by atoms with Gasteiger partial charge in [0.15, 0.2) is 11.5 Å². The molecule has 0 heterocycles. The van der Waals surface area contributed by atoms with Gasteiger partial charge in [-0.1, -0.05) is 0 Å². The molecule has 0 aliphatic heterocycles. The first-order chi connectivity index (χ1) is 7.03. The first-order valence-corrected chi connectivity index (χ1v) is 3.74. The summed E-state index contributed by atoms with van der Waals surface area (Å²) in [6.45, 7) is 0. The molecule has 0 saturated carbocycles. The Labute approximate surface area is 84.7 Å². The topological polar surface area (TPSA) is 40.5 Å². The Morgan fingerprint density at radius 1 is 0.812 bits per heavy atom. The third kappa shape index (κ3) is 2.31. The van der Waals surface area contributed by atoms with E-state index in [1.54, 1.807) is 0 Å². The van der Waals surface area contributed by atoms with E-state index in [2.05, 4.69) is 0 Å². The fourth-order valence-electron chi connectivity index (χ4n) is 0.999. The molecule has 0 atom stereocenters. The van der Waals surface area contributed by atoms with E-state index in [4.69, 9.17) is 10.2 Å². The van der Waals surface area contributed by atoms with Crippen molar-refractivity contribution >= 4 is 0 Å². The zero-order valence-electron chi connectivity index (χ0n) is 7.32. The minimum absolute atomic E-state index is 0.0184. The quantitative estimate of drug-likeness (QED) is 0.545. The molecule has 1 aromatic carbocycles. The normalized spacial score (nSPS) is 12.9. The van der Waals surface area contributed by atoms with Crippen molar-refractivity contribution in [2.75, 3.05) is 0 Å². The molecule has 0 fully saturated rings. The molecule has 0 spiro atoms. The number of aromatic hydroxyl groups is 2. The number of hydrogen-bond acceptors (Lipinski definition) is 2. The molecule has 16 heavy (non-hydrogen) atoms. The summed E-state index contributed by atoms with van der Waals surface area (Å²) in [6, 6.07) is -0.250. The molecule has 0 aliphatic carbocycles. The summed E-state index contributed by atoms with van der Waals surface area (Å²) < 4.78 is 72.8. The van der Waals surface area contributed by atoms with Crippen molar-refractivity contribution < 1.29 is 36.6 Å². The van der Waals surface area contributed by atoms with Crippen LogP contribution >= 0.6 is 0 Å². The van der Waals surface area contributed by atoms with Gasteiger partial charge in [0.1, 0.15) is 5.56 Å². The summed E-state index contributed by atoms with van der Waals surface area (Å²) in [6.07, 6.45) is -10.2. The highest BCUT2D eigenvalue weighted by molar-refractivity contribution is 5.49. The number of hydrogen-bond donors (Lipinski definition) is 2. The Kier molecular flexibility index (Phi) is 2.70. The van der Waals surface area contributed by atoms with Gasteiger partial charge in [0.25, 0.3) is 0 Å². The van der Waals surface area contributed by atoms with Gasteiger partial charge in [-0.15, -0.1) is 0 Å². The Morgan fingerprint density at radius 3 is 1.69 bits per heavy atom. The minimum atomic E-state index is -5.18. The highest BCUT2D eigenvalue weighted by Gasteiger charge is 2.39. The third-order valence-corrected chi connectivity index (χ3v) is 1.72. The van der Waals surface area contributed by atoms with E-state index in [0.717, 1.165) is 0 Å². The second-order valence-corrected chi connectivity index (χ2v) is 2.89. The monoisotopic (exact) mass is 246 g/mol. The van der Waals surface area contributed by atoms with Crippen LogP contribution in [0.3, 0.4) is 0 Å². The molecule has 0 radical (unpaired) electrons. The molecule has 0 saturated heterocycles. The number of benzene rings is 1. The molecule has 0 bridgehead atoms. The van der Waals surface area contributed by atoms with Gasteiger partial charge in [-0.2, -0.15) is 26.3 Å². The predicted molar refractivity (Wildman–Crippen MR) is 39.8 cm³/mol. The molecule has 8 heteroatoms. The van der Waals surface area contributed by atoms with Crippen LogP contribution in [-0.4, -0.2) is 10.2 Å². The number of phenols is 2. The van der Waals surface area contributed by atoms with Gasteiger partial charge in [-0.3, -0.25) is 0 Å². The number of phenolic OH excluding ortho intramolecular Hbond substituents is 2. The maximum Gasteiger partial charge on any atom is 0.420 e.